The minimum Gasteiger partial charge on any atom is -0.457 e. The number of rotatable bonds is 4. The van der Waals surface area contributed by atoms with Gasteiger partial charge in [-0.3, -0.25) is 4.79 Å². The SMILES string of the molecule is CNC(=O)Nc1ccc(Oc2ccc(NC(C)=O)cc2)cc1. The van der Waals surface area contributed by atoms with Gasteiger partial charge in [0.1, 0.15) is 11.5 Å². The zero-order valence-corrected chi connectivity index (χ0v) is 12.3. The van der Waals surface area contributed by atoms with Crippen molar-refractivity contribution in [3.05, 3.63) is 48.5 Å². The van der Waals surface area contributed by atoms with Crippen LogP contribution in [-0.2, 0) is 4.79 Å². The molecule has 2 aromatic carbocycles. The van der Waals surface area contributed by atoms with Gasteiger partial charge in [-0.2, -0.15) is 0 Å². The summed E-state index contributed by atoms with van der Waals surface area (Å²) in [5.74, 6) is 1.18. The molecule has 3 amide bonds. The van der Waals surface area contributed by atoms with E-state index in [1.54, 1.807) is 55.6 Å². The van der Waals surface area contributed by atoms with E-state index in [2.05, 4.69) is 16.0 Å². The summed E-state index contributed by atoms with van der Waals surface area (Å²) in [6.07, 6.45) is 0. The monoisotopic (exact) mass is 299 g/mol. The summed E-state index contributed by atoms with van der Waals surface area (Å²) < 4.78 is 5.68. The fraction of sp³-hybridized carbons (Fsp3) is 0.125. The normalized spacial score (nSPS) is 9.73. The second kappa shape index (κ2) is 7.12. The molecule has 0 bridgehead atoms. The molecule has 0 aliphatic carbocycles. The van der Waals surface area contributed by atoms with Gasteiger partial charge in [-0.25, -0.2) is 4.79 Å². The molecule has 0 saturated heterocycles. The molecule has 2 rings (SSSR count). The molecule has 0 radical (unpaired) electrons. The van der Waals surface area contributed by atoms with Crippen molar-refractivity contribution < 1.29 is 14.3 Å². The summed E-state index contributed by atoms with van der Waals surface area (Å²) in [6.45, 7) is 1.46. The van der Waals surface area contributed by atoms with Crippen LogP contribution in [0.4, 0.5) is 16.2 Å². The van der Waals surface area contributed by atoms with Gasteiger partial charge in [0.25, 0.3) is 0 Å². The molecule has 0 heterocycles. The third-order valence-electron chi connectivity index (χ3n) is 2.75. The zero-order chi connectivity index (χ0) is 15.9. The Balaban J connectivity index is 1.98. The molecule has 2 aromatic rings. The lowest BCUT2D eigenvalue weighted by Crippen LogP contribution is -2.24. The van der Waals surface area contributed by atoms with Crippen molar-refractivity contribution >= 4 is 23.3 Å². The van der Waals surface area contributed by atoms with Crippen LogP contribution in [-0.4, -0.2) is 19.0 Å². The number of amides is 3. The number of carbonyl (C=O) groups excluding carboxylic acids is 2. The standard InChI is InChI=1S/C16H17N3O3/c1-11(20)18-12-3-7-14(8-4-12)22-15-9-5-13(6-10-15)19-16(21)17-2/h3-10H,1-2H3,(H,18,20)(H2,17,19,21). The Morgan fingerprint density at radius 3 is 1.68 bits per heavy atom. The van der Waals surface area contributed by atoms with Crippen LogP contribution < -0.4 is 20.7 Å². The van der Waals surface area contributed by atoms with Crippen LogP contribution in [0.2, 0.25) is 0 Å². The van der Waals surface area contributed by atoms with E-state index in [9.17, 15) is 9.59 Å². The largest absolute Gasteiger partial charge is 0.457 e. The average molecular weight is 299 g/mol. The highest BCUT2D eigenvalue weighted by Gasteiger charge is 2.01. The number of carbonyl (C=O) groups is 2. The quantitative estimate of drug-likeness (QED) is 0.811. The van der Waals surface area contributed by atoms with E-state index in [0.29, 0.717) is 22.9 Å². The van der Waals surface area contributed by atoms with E-state index in [1.807, 2.05) is 0 Å². The van der Waals surface area contributed by atoms with E-state index in [1.165, 1.54) is 6.92 Å². The third-order valence-corrected chi connectivity index (χ3v) is 2.75. The third kappa shape index (κ3) is 4.52. The van der Waals surface area contributed by atoms with Gasteiger partial charge >= 0.3 is 6.03 Å². The van der Waals surface area contributed by atoms with E-state index in [0.717, 1.165) is 0 Å². The van der Waals surface area contributed by atoms with E-state index < -0.39 is 0 Å². The van der Waals surface area contributed by atoms with E-state index >= 15 is 0 Å². The van der Waals surface area contributed by atoms with Crippen LogP contribution in [0.3, 0.4) is 0 Å². The van der Waals surface area contributed by atoms with Gasteiger partial charge in [0, 0.05) is 25.3 Å². The molecule has 0 saturated carbocycles. The van der Waals surface area contributed by atoms with E-state index in [-0.39, 0.29) is 11.9 Å². The number of nitrogens with one attached hydrogen (secondary N) is 3. The van der Waals surface area contributed by atoms with Gasteiger partial charge < -0.3 is 20.7 Å². The van der Waals surface area contributed by atoms with Crippen molar-refractivity contribution in [2.24, 2.45) is 0 Å². The Kier molecular flexibility index (Phi) is 4.98. The van der Waals surface area contributed by atoms with Gasteiger partial charge in [-0.1, -0.05) is 0 Å². The highest BCUT2D eigenvalue weighted by atomic mass is 16.5. The van der Waals surface area contributed by atoms with Gasteiger partial charge in [0.15, 0.2) is 0 Å². The van der Waals surface area contributed by atoms with Crippen molar-refractivity contribution in [2.75, 3.05) is 17.7 Å². The molecule has 3 N–H and O–H groups in total. The van der Waals surface area contributed by atoms with Crippen LogP contribution in [0.5, 0.6) is 11.5 Å². The first-order valence-corrected chi connectivity index (χ1v) is 6.71. The molecule has 22 heavy (non-hydrogen) atoms. The van der Waals surface area contributed by atoms with Crippen molar-refractivity contribution in [1.29, 1.82) is 0 Å². The molecule has 6 nitrogen and oxygen atoms in total. The second-order valence-electron chi connectivity index (χ2n) is 4.54. The molecule has 0 aliphatic rings. The molecule has 0 fully saturated rings. The number of benzene rings is 2. The Labute approximate surface area is 128 Å². The van der Waals surface area contributed by atoms with Crippen LogP contribution in [0.1, 0.15) is 6.92 Å². The van der Waals surface area contributed by atoms with Crippen molar-refractivity contribution in [3.8, 4) is 11.5 Å². The number of anilines is 2. The summed E-state index contributed by atoms with van der Waals surface area (Å²) in [5.41, 5.74) is 1.39. The Hall–Kier alpha value is -3.02. The molecule has 6 heteroatoms. The Morgan fingerprint density at radius 2 is 1.27 bits per heavy atom. The topological polar surface area (TPSA) is 79.5 Å². The smallest absolute Gasteiger partial charge is 0.318 e. The Bertz CT molecular complexity index is 651. The second-order valence-corrected chi connectivity index (χ2v) is 4.54. The van der Waals surface area contributed by atoms with Crippen molar-refractivity contribution in [3.63, 3.8) is 0 Å². The predicted molar refractivity (Wildman–Crippen MR) is 85.3 cm³/mol. The molecule has 0 aromatic heterocycles. The van der Waals surface area contributed by atoms with Gasteiger partial charge in [0.2, 0.25) is 5.91 Å². The summed E-state index contributed by atoms with van der Waals surface area (Å²) in [5, 5.41) is 7.82. The highest BCUT2D eigenvalue weighted by Crippen LogP contribution is 2.24. The van der Waals surface area contributed by atoms with Crippen LogP contribution in [0, 0.1) is 0 Å². The lowest BCUT2D eigenvalue weighted by molar-refractivity contribution is -0.114. The van der Waals surface area contributed by atoms with Crippen molar-refractivity contribution in [1.82, 2.24) is 5.32 Å². The maximum absolute atomic E-state index is 11.2. The van der Waals surface area contributed by atoms with Gasteiger partial charge in [-0.15, -0.1) is 0 Å². The van der Waals surface area contributed by atoms with E-state index in [4.69, 9.17) is 4.74 Å². The fourth-order valence-corrected chi connectivity index (χ4v) is 1.75. The van der Waals surface area contributed by atoms with Crippen LogP contribution >= 0.6 is 0 Å². The number of ether oxygens (including phenoxy) is 1. The summed E-state index contributed by atoms with van der Waals surface area (Å²) >= 11 is 0. The maximum Gasteiger partial charge on any atom is 0.318 e. The minimum absolute atomic E-state index is 0.118. The fourth-order valence-electron chi connectivity index (χ4n) is 1.75. The highest BCUT2D eigenvalue weighted by molar-refractivity contribution is 5.89. The zero-order valence-electron chi connectivity index (χ0n) is 12.3. The predicted octanol–water partition coefficient (Wildman–Crippen LogP) is 3.19. The molecular weight excluding hydrogens is 282 g/mol. The van der Waals surface area contributed by atoms with Gasteiger partial charge in [0.05, 0.1) is 0 Å². The molecule has 0 atom stereocenters. The van der Waals surface area contributed by atoms with Crippen LogP contribution in [0.25, 0.3) is 0 Å². The number of hydrogen-bond acceptors (Lipinski definition) is 3. The summed E-state index contributed by atoms with van der Waals surface area (Å²) in [4.78, 5) is 22.1. The van der Waals surface area contributed by atoms with Crippen LogP contribution in [0.15, 0.2) is 48.5 Å². The molecule has 114 valence electrons. The van der Waals surface area contributed by atoms with Crippen molar-refractivity contribution in [2.45, 2.75) is 6.92 Å². The molecular formula is C16H17N3O3. The first kappa shape index (κ1) is 15.4. The Morgan fingerprint density at radius 1 is 0.818 bits per heavy atom. The lowest BCUT2D eigenvalue weighted by atomic mass is 10.3. The lowest BCUT2D eigenvalue weighted by Gasteiger charge is -2.08. The number of urea groups is 1. The first-order valence-electron chi connectivity index (χ1n) is 6.71. The molecule has 0 aliphatic heterocycles. The van der Waals surface area contributed by atoms with Gasteiger partial charge in [-0.05, 0) is 48.5 Å². The number of hydrogen-bond donors (Lipinski definition) is 3. The summed E-state index contributed by atoms with van der Waals surface area (Å²) in [7, 11) is 1.55. The average Bonchev–Trinajstić information content (AvgIpc) is 2.50. The summed E-state index contributed by atoms with van der Waals surface area (Å²) in [6, 6.07) is 13.8. The molecule has 0 spiro atoms. The maximum atomic E-state index is 11.2. The molecule has 0 unspecified atom stereocenters. The first-order chi connectivity index (χ1) is 10.6. The minimum atomic E-state index is -0.276.